The molecule has 3 N–H and O–H groups in total. The molecule has 196 valence electrons. The van der Waals surface area contributed by atoms with Crippen LogP contribution in [0, 0.1) is 26.7 Å². The Kier molecular flexibility index (Phi) is 7.33. The van der Waals surface area contributed by atoms with E-state index >= 15 is 0 Å². The smallest absolute Gasteiger partial charge is 0.280 e. The minimum absolute atomic E-state index is 0.0189. The second-order valence-electron chi connectivity index (χ2n) is 8.76. The van der Waals surface area contributed by atoms with Crippen molar-refractivity contribution in [1.82, 2.24) is 24.5 Å². The molecule has 4 heterocycles. The fourth-order valence-electron chi connectivity index (χ4n) is 4.21. The molecule has 1 atom stereocenters. The number of primary amides is 1. The van der Waals surface area contributed by atoms with Crippen LogP contribution >= 0.6 is 22.9 Å². The number of carbonyl (C=O) groups excluding carboxylic acids is 2. The maximum Gasteiger partial charge on any atom is 0.280 e. The Morgan fingerprint density at radius 1 is 1.19 bits per heavy atom. The molecule has 4 rings (SSSR count). The zero-order chi connectivity index (χ0) is 27.2. The highest BCUT2D eigenvalue weighted by molar-refractivity contribution is 7.21. The van der Waals surface area contributed by atoms with Gasteiger partial charge in [0.2, 0.25) is 5.91 Å². The number of pyridine rings is 1. The highest BCUT2D eigenvalue weighted by Crippen LogP contribution is 2.43. The summed E-state index contributed by atoms with van der Waals surface area (Å²) in [6.07, 6.45) is -1.26. The standard InChI is InChI=1S/C24H26ClF2N7O2S/c1-6-33-12(4)15(8-29-33)14-7-16(21(26)27)30-24-17(14)19(20(37-24)22(28)35)31-23(36)10(2)9-34-13(5)18(25)11(3)32-34/h7-8,10,21H,6,9H2,1-5H3,(H2,28,35)(H,31,36). The number of nitrogens with zero attached hydrogens (tertiary/aromatic N) is 5. The number of hydrogen-bond acceptors (Lipinski definition) is 6. The number of carbonyl (C=O) groups is 2. The fraction of sp³-hybridized carbons (Fsp3) is 0.375. The molecule has 2 amide bonds. The average Bonchev–Trinajstić information content (AvgIpc) is 3.48. The van der Waals surface area contributed by atoms with Crippen molar-refractivity contribution in [3.63, 3.8) is 0 Å². The summed E-state index contributed by atoms with van der Waals surface area (Å²) in [4.78, 5) is 29.9. The first-order valence-corrected chi connectivity index (χ1v) is 12.7. The summed E-state index contributed by atoms with van der Waals surface area (Å²) in [6.45, 7) is 9.84. The predicted octanol–water partition coefficient (Wildman–Crippen LogP) is 5.27. The molecule has 1 unspecified atom stereocenters. The van der Waals surface area contributed by atoms with Gasteiger partial charge in [-0.25, -0.2) is 13.8 Å². The van der Waals surface area contributed by atoms with Gasteiger partial charge in [0.1, 0.15) is 15.4 Å². The van der Waals surface area contributed by atoms with Gasteiger partial charge in [-0.15, -0.1) is 11.3 Å². The first kappa shape index (κ1) is 26.7. The molecule has 0 bridgehead atoms. The summed E-state index contributed by atoms with van der Waals surface area (Å²) in [7, 11) is 0. The normalized spacial score (nSPS) is 12.5. The van der Waals surface area contributed by atoms with Crippen molar-refractivity contribution in [2.24, 2.45) is 11.7 Å². The molecular weight excluding hydrogens is 524 g/mol. The van der Waals surface area contributed by atoms with Crippen molar-refractivity contribution in [3.05, 3.63) is 44.9 Å². The minimum atomic E-state index is -2.84. The molecule has 0 fully saturated rings. The molecule has 0 aliphatic heterocycles. The van der Waals surface area contributed by atoms with Gasteiger partial charge < -0.3 is 11.1 Å². The van der Waals surface area contributed by atoms with Crippen molar-refractivity contribution in [1.29, 1.82) is 0 Å². The lowest BCUT2D eigenvalue weighted by molar-refractivity contribution is -0.119. The van der Waals surface area contributed by atoms with Gasteiger partial charge in [0.25, 0.3) is 12.3 Å². The molecule has 0 saturated carbocycles. The minimum Gasteiger partial charge on any atom is -0.365 e. The number of aryl methyl sites for hydroxylation is 2. The van der Waals surface area contributed by atoms with Gasteiger partial charge in [-0.1, -0.05) is 18.5 Å². The van der Waals surface area contributed by atoms with E-state index in [0.717, 1.165) is 22.7 Å². The zero-order valence-corrected chi connectivity index (χ0v) is 22.5. The topological polar surface area (TPSA) is 121 Å². The summed E-state index contributed by atoms with van der Waals surface area (Å²) >= 11 is 7.09. The van der Waals surface area contributed by atoms with E-state index in [2.05, 4.69) is 20.5 Å². The number of nitrogens with one attached hydrogen (secondary N) is 1. The number of anilines is 1. The van der Waals surface area contributed by atoms with Crippen molar-refractivity contribution in [2.45, 2.75) is 54.1 Å². The number of halogens is 3. The number of alkyl halides is 2. The molecule has 0 radical (unpaired) electrons. The van der Waals surface area contributed by atoms with E-state index < -0.39 is 29.9 Å². The number of hydrogen-bond donors (Lipinski definition) is 2. The van der Waals surface area contributed by atoms with E-state index in [1.54, 1.807) is 29.4 Å². The Bertz CT molecular complexity index is 1530. The van der Waals surface area contributed by atoms with Crippen molar-refractivity contribution in [3.8, 4) is 11.1 Å². The van der Waals surface area contributed by atoms with Gasteiger partial charge in [0, 0.05) is 23.2 Å². The van der Waals surface area contributed by atoms with Crippen LogP contribution in [0.3, 0.4) is 0 Å². The van der Waals surface area contributed by atoms with Gasteiger partial charge in [0.15, 0.2) is 0 Å². The molecule has 4 aromatic heterocycles. The van der Waals surface area contributed by atoms with Gasteiger partial charge in [0.05, 0.1) is 40.8 Å². The molecule has 0 aliphatic carbocycles. The number of nitrogens with two attached hydrogens (primary N) is 1. The molecule has 9 nitrogen and oxygen atoms in total. The highest BCUT2D eigenvalue weighted by Gasteiger charge is 2.27. The van der Waals surface area contributed by atoms with Crippen LogP contribution in [0.4, 0.5) is 14.5 Å². The lowest BCUT2D eigenvalue weighted by Gasteiger charge is -2.15. The van der Waals surface area contributed by atoms with Crippen LogP contribution in [-0.2, 0) is 17.9 Å². The van der Waals surface area contributed by atoms with Crippen molar-refractivity contribution >= 4 is 50.7 Å². The molecular formula is C24H26ClF2N7O2S. The lowest BCUT2D eigenvalue weighted by Crippen LogP contribution is -2.26. The summed E-state index contributed by atoms with van der Waals surface area (Å²) in [6, 6.07) is 1.27. The van der Waals surface area contributed by atoms with Crippen LogP contribution in [0.2, 0.25) is 5.02 Å². The van der Waals surface area contributed by atoms with Crippen LogP contribution in [0.1, 0.15) is 52.7 Å². The van der Waals surface area contributed by atoms with Crippen molar-refractivity contribution in [2.75, 3.05) is 5.32 Å². The van der Waals surface area contributed by atoms with E-state index in [1.807, 2.05) is 20.8 Å². The molecule has 0 saturated heterocycles. The third-order valence-electron chi connectivity index (χ3n) is 6.26. The first-order valence-electron chi connectivity index (χ1n) is 11.5. The van der Waals surface area contributed by atoms with Crippen molar-refractivity contribution < 1.29 is 18.4 Å². The molecule has 0 aromatic carbocycles. The number of fused-ring (bicyclic) bond motifs is 1. The van der Waals surface area contributed by atoms with Crippen LogP contribution in [0.15, 0.2) is 12.3 Å². The van der Waals surface area contributed by atoms with Gasteiger partial charge >= 0.3 is 0 Å². The third kappa shape index (κ3) is 4.82. The number of thiophene rings is 1. The van der Waals surface area contributed by atoms with E-state index in [-0.39, 0.29) is 21.9 Å². The Morgan fingerprint density at radius 3 is 2.43 bits per heavy atom. The monoisotopic (exact) mass is 549 g/mol. The summed E-state index contributed by atoms with van der Waals surface area (Å²) in [5.74, 6) is -1.79. The van der Waals surface area contributed by atoms with Gasteiger partial charge in [-0.05, 0) is 39.3 Å². The SMILES string of the molecule is CCn1ncc(-c2cc(C(F)F)nc3sc(C(N)=O)c(NC(=O)C(C)Cn4nc(C)c(Cl)c4C)c23)c1C. The van der Waals surface area contributed by atoms with Crippen LogP contribution in [0.5, 0.6) is 0 Å². The Hall–Kier alpha value is -3.38. The zero-order valence-electron chi connectivity index (χ0n) is 20.9. The van der Waals surface area contributed by atoms with E-state index in [1.165, 1.54) is 6.07 Å². The molecule has 13 heteroatoms. The van der Waals surface area contributed by atoms with E-state index in [0.29, 0.717) is 33.8 Å². The first-order chi connectivity index (χ1) is 17.4. The number of amides is 2. The van der Waals surface area contributed by atoms with Crippen LogP contribution < -0.4 is 11.1 Å². The van der Waals surface area contributed by atoms with Gasteiger partial charge in [-0.3, -0.25) is 19.0 Å². The Balaban J connectivity index is 1.83. The fourth-order valence-corrected chi connectivity index (χ4v) is 5.36. The quantitative estimate of drug-likeness (QED) is 0.310. The number of rotatable bonds is 8. The second-order valence-corrected chi connectivity index (χ2v) is 10.1. The Morgan fingerprint density at radius 2 is 1.89 bits per heavy atom. The molecule has 37 heavy (non-hydrogen) atoms. The van der Waals surface area contributed by atoms with E-state index in [4.69, 9.17) is 17.3 Å². The molecule has 4 aromatic rings. The summed E-state index contributed by atoms with van der Waals surface area (Å²) in [5, 5.41) is 12.4. The maximum atomic E-state index is 13.8. The second kappa shape index (κ2) is 10.2. The molecule has 0 spiro atoms. The van der Waals surface area contributed by atoms with Crippen LogP contribution in [0.25, 0.3) is 21.3 Å². The summed E-state index contributed by atoms with van der Waals surface area (Å²) < 4.78 is 30.9. The Labute approximate surface area is 220 Å². The number of aromatic nitrogens is 5. The maximum absolute atomic E-state index is 13.8. The largest absolute Gasteiger partial charge is 0.365 e. The highest BCUT2D eigenvalue weighted by atomic mass is 35.5. The third-order valence-corrected chi connectivity index (χ3v) is 7.90. The predicted molar refractivity (Wildman–Crippen MR) is 139 cm³/mol. The van der Waals surface area contributed by atoms with Crippen LogP contribution in [-0.4, -0.2) is 36.4 Å². The summed E-state index contributed by atoms with van der Waals surface area (Å²) in [5.41, 5.74) is 8.43. The lowest BCUT2D eigenvalue weighted by atomic mass is 10.0. The molecule has 0 aliphatic rings. The average molecular weight is 550 g/mol. The van der Waals surface area contributed by atoms with E-state index in [9.17, 15) is 18.4 Å². The van der Waals surface area contributed by atoms with Gasteiger partial charge in [-0.2, -0.15) is 10.2 Å².